The van der Waals surface area contributed by atoms with E-state index < -0.39 is 11.8 Å². The van der Waals surface area contributed by atoms with Gasteiger partial charge in [0.15, 0.2) is 0 Å². The van der Waals surface area contributed by atoms with Crippen molar-refractivity contribution in [2.45, 2.75) is 19.8 Å². The summed E-state index contributed by atoms with van der Waals surface area (Å²) in [6.45, 7) is 3.32. The van der Waals surface area contributed by atoms with E-state index in [1.165, 1.54) is 0 Å². The second kappa shape index (κ2) is 5.90. The first-order valence-electron chi connectivity index (χ1n) is 6.56. The van der Waals surface area contributed by atoms with Crippen molar-refractivity contribution in [2.75, 3.05) is 18.4 Å². The molecular formula is C14H17FN2O3. The number of nitrogens with zero attached hydrogens (tertiary/aromatic N) is 1. The molecule has 5 nitrogen and oxygen atoms in total. The lowest BCUT2D eigenvalue weighted by Crippen LogP contribution is -2.41. The van der Waals surface area contributed by atoms with Crippen molar-refractivity contribution in [1.82, 2.24) is 4.90 Å². The van der Waals surface area contributed by atoms with Gasteiger partial charge in [0.2, 0.25) is 0 Å². The van der Waals surface area contributed by atoms with Gasteiger partial charge in [-0.05, 0) is 37.0 Å². The molecule has 0 spiro atoms. The number of anilines is 1. The third-order valence-electron chi connectivity index (χ3n) is 3.40. The Morgan fingerprint density at radius 2 is 2.20 bits per heavy atom. The molecule has 1 saturated heterocycles. The van der Waals surface area contributed by atoms with E-state index in [0.29, 0.717) is 19.0 Å². The van der Waals surface area contributed by atoms with Crippen LogP contribution in [-0.2, 0) is 0 Å². The number of carbonyl (C=O) groups excluding carboxylic acids is 1. The van der Waals surface area contributed by atoms with Crippen LogP contribution in [0.15, 0.2) is 18.2 Å². The first-order chi connectivity index (χ1) is 9.47. The molecule has 1 aliphatic heterocycles. The predicted molar refractivity (Wildman–Crippen MR) is 72.3 cm³/mol. The van der Waals surface area contributed by atoms with Gasteiger partial charge in [-0.3, -0.25) is 0 Å². The maximum atomic E-state index is 13.2. The molecule has 2 N–H and O–H groups in total. The molecule has 0 radical (unpaired) electrons. The van der Waals surface area contributed by atoms with Crippen molar-refractivity contribution >= 4 is 17.7 Å². The van der Waals surface area contributed by atoms with Crippen LogP contribution in [0.25, 0.3) is 0 Å². The van der Waals surface area contributed by atoms with Crippen LogP contribution in [0.5, 0.6) is 0 Å². The average Bonchev–Trinajstić information content (AvgIpc) is 2.38. The first kappa shape index (κ1) is 14.3. The standard InChI is InChI=1S/C14H17FN2O3/c1-9-3-2-6-17(8-9)14(20)16-12-7-10(15)4-5-11(12)13(18)19/h4-5,7,9H,2-3,6,8H2,1H3,(H,16,20)(H,18,19). The molecule has 0 bridgehead atoms. The van der Waals surface area contributed by atoms with Crippen molar-refractivity contribution in [3.8, 4) is 0 Å². The van der Waals surface area contributed by atoms with E-state index in [2.05, 4.69) is 12.2 Å². The topological polar surface area (TPSA) is 69.6 Å². The molecule has 1 fully saturated rings. The molecule has 20 heavy (non-hydrogen) atoms. The summed E-state index contributed by atoms with van der Waals surface area (Å²) < 4.78 is 13.2. The molecule has 0 aliphatic carbocycles. The van der Waals surface area contributed by atoms with Crippen LogP contribution in [-0.4, -0.2) is 35.1 Å². The number of amides is 2. The SMILES string of the molecule is CC1CCCN(C(=O)Nc2cc(F)ccc2C(=O)O)C1. The number of carboxylic acid groups (broad SMARTS) is 1. The zero-order valence-corrected chi connectivity index (χ0v) is 11.2. The van der Waals surface area contributed by atoms with Crippen molar-refractivity contribution in [2.24, 2.45) is 5.92 Å². The lowest BCUT2D eigenvalue weighted by atomic mass is 10.0. The van der Waals surface area contributed by atoms with E-state index in [4.69, 9.17) is 5.11 Å². The number of hydrogen-bond acceptors (Lipinski definition) is 2. The summed E-state index contributed by atoms with van der Waals surface area (Å²) in [5.74, 6) is -1.37. The van der Waals surface area contributed by atoms with E-state index in [-0.39, 0.29) is 17.3 Å². The fourth-order valence-corrected chi connectivity index (χ4v) is 2.37. The van der Waals surface area contributed by atoms with Gasteiger partial charge in [-0.1, -0.05) is 6.92 Å². The molecule has 1 aromatic carbocycles. The van der Waals surface area contributed by atoms with Crippen LogP contribution in [0.4, 0.5) is 14.9 Å². The van der Waals surface area contributed by atoms with E-state index in [1.807, 2.05) is 0 Å². The van der Waals surface area contributed by atoms with Crippen molar-refractivity contribution in [3.63, 3.8) is 0 Å². The Balaban J connectivity index is 2.14. The molecule has 1 atom stereocenters. The number of nitrogens with one attached hydrogen (secondary N) is 1. The third-order valence-corrected chi connectivity index (χ3v) is 3.40. The van der Waals surface area contributed by atoms with Crippen LogP contribution in [0.2, 0.25) is 0 Å². The Hall–Kier alpha value is -2.11. The summed E-state index contributed by atoms with van der Waals surface area (Å²) in [6, 6.07) is 2.84. The van der Waals surface area contributed by atoms with Crippen LogP contribution >= 0.6 is 0 Å². The molecular weight excluding hydrogens is 263 g/mol. The van der Waals surface area contributed by atoms with Gasteiger partial charge in [0.1, 0.15) is 5.82 Å². The number of aromatic carboxylic acids is 1. The zero-order valence-electron chi connectivity index (χ0n) is 11.2. The largest absolute Gasteiger partial charge is 0.478 e. The number of urea groups is 1. The van der Waals surface area contributed by atoms with Gasteiger partial charge < -0.3 is 15.3 Å². The van der Waals surface area contributed by atoms with Gasteiger partial charge in [0.05, 0.1) is 11.3 Å². The number of carboxylic acids is 1. The molecule has 1 aliphatic rings. The first-order valence-corrected chi connectivity index (χ1v) is 6.56. The van der Waals surface area contributed by atoms with Gasteiger partial charge in [0, 0.05) is 13.1 Å². The van der Waals surface area contributed by atoms with E-state index >= 15 is 0 Å². The smallest absolute Gasteiger partial charge is 0.337 e. The minimum Gasteiger partial charge on any atom is -0.478 e. The van der Waals surface area contributed by atoms with Crippen molar-refractivity contribution in [1.29, 1.82) is 0 Å². The number of halogens is 1. The molecule has 0 aromatic heterocycles. The van der Waals surface area contributed by atoms with Crippen LogP contribution in [0, 0.1) is 11.7 Å². The fourth-order valence-electron chi connectivity index (χ4n) is 2.37. The number of hydrogen-bond donors (Lipinski definition) is 2. The van der Waals surface area contributed by atoms with Crippen LogP contribution in [0.3, 0.4) is 0 Å². The predicted octanol–water partition coefficient (Wildman–Crippen LogP) is 2.79. The van der Waals surface area contributed by atoms with Crippen LogP contribution < -0.4 is 5.32 Å². The third kappa shape index (κ3) is 3.26. The summed E-state index contributed by atoms with van der Waals surface area (Å²) in [6.07, 6.45) is 1.99. The van der Waals surface area contributed by atoms with Gasteiger partial charge in [0.25, 0.3) is 0 Å². The summed E-state index contributed by atoms with van der Waals surface area (Å²) in [4.78, 5) is 24.8. The van der Waals surface area contributed by atoms with Gasteiger partial charge in [-0.25, -0.2) is 14.0 Å². The molecule has 1 heterocycles. The monoisotopic (exact) mass is 280 g/mol. The minimum atomic E-state index is -1.20. The average molecular weight is 280 g/mol. The Bertz CT molecular complexity index is 533. The number of benzene rings is 1. The highest BCUT2D eigenvalue weighted by atomic mass is 19.1. The summed E-state index contributed by atoms with van der Waals surface area (Å²) in [5.41, 5.74) is -0.134. The Kier molecular flexibility index (Phi) is 4.22. The molecule has 2 rings (SSSR count). The van der Waals surface area contributed by atoms with Gasteiger partial charge >= 0.3 is 12.0 Å². The molecule has 108 valence electrons. The van der Waals surface area contributed by atoms with Gasteiger partial charge in [-0.2, -0.15) is 0 Å². The number of likely N-dealkylation sites (tertiary alicyclic amines) is 1. The second-order valence-electron chi connectivity index (χ2n) is 5.12. The summed E-state index contributed by atoms with van der Waals surface area (Å²) >= 11 is 0. The van der Waals surface area contributed by atoms with Crippen molar-refractivity contribution in [3.05, 3.63) is 29.6 Å². The van der Waals surface area contributed by atoms with Crippen LogP contribution in [0.1, 0.15) is 30.1 Å². The normalized spacial score (nSPS) is 18.7. The molecule has 6 heteroatoms. The Labute approximate surface area is 116 Å². The highest BCUT2D eigenvalue weighted by molar-refractivity contribution is 6.00. The summed E-state index contributed by atoms with van der Waals surface area (Å²) in [7, 11) is 0. The fraction of sp³-hybridized carbons (Fsp3) is 0.429. The van der Waals surface area contributed by atoms with Crippen molar-refractivity contribution < 1.29 is 19.1 Å². The number of carbonyl (C=O) groups is 2. The molecule has 0 saturated carbocycles. The number of rotatable bonds is 2. The summed E-state index contributed by atoms with van der Waals surface area (Å²) in [5, 5.41) is 11.5. The highest BCUT2D eigenvalue weighted by Gasteiger charge is 2.22. The maximum Gasteiger partial charge on any atom is 0.337 e. The Morgan fingerprint density at radius 1 is 1.45 bits per heavy atom. The van der Waals surface area contributed by atoms with E-state index in [9.17, 15) is 14.0 Å². The molecule has 1 unspecified atom stereocenters. The second-order valence-corrected chi connectivity index (χ2v) is 5.12. The van der Waals surface area contributed by atoms with E-state index in [1.54, 1.807) is 4.90 Å². The quantitative estimate of drug-likeness (QED) is 0.875. The molecule has 1 aromatic rings. The van der Waals surface area contributed by atoms with E-state index in [0.717, 1.165) is 31.0 Å². The zero-order chi connectivity index (χ0) is 14.7. The highest BCUT2D eigenvalue weighted by Crippen LogP contribution is 2.20. The minimum absolute atomic E-state index is 0.0132. The lowest BCUT2D eigenvalue weighted by Gasteiger charge is -2.31. The Morgan fingerprint density at radius 3 is 2.85 bits per heavy atom. The molecule has 2 amide bonds. The number of piperidine rings is 1. The lowest BCUT2D eigenvalue weighted by molar-refractivity contribution is 0.0698. The maximum absolute atomic E-state index is 13.2. The van der Waals surface area contributed by atoms with Gasteiger partial charge in [-0.15, -0.1) is 0 Å².